The average Bonchev–Trinajstić information content (AvgIpc) is 2.85. The summed E-state index contributed by atoms with van der Waals surface area (Å²) < 4.78 is 4.05. The van der Waals surface area contributed by atoms with E-state index >= 15 is 0 Å². The van der Waals surface area contributed by atoms with Gasteiger partial charge in [0, 0.05) is 16.6 Å². The normalized spacial score (nSPS) is 11.9. The minimum absolute atomic E-state index is 0.241. The number of fused-ring (bicyclic) bond motifs is 1. The second-order valence-electron chi connectivity index (χ2n) is 5.64. The van der Waals surface area contributed by atoms with Crippen LogP contribution in [0.4, 0.5) is 0 Å². The van der Waals surface area contributed by atoms with Crippen LogP contribution < -0.4 is 4.80 Å². The molecular weight excluding hydrogens is 384 g/mol. The van der Waals surface area contributed by atoms with E-state index in [-0.39, 0.29) is 5.91 Å². The highest BCUT2D eigenvalue weighted by Crippen LogP contribution is 2.23. The first kappa shape index (κ1) is 16.9. The molecule has 0 aliphatic carbocycles. The van der Waals surface area contributed by atoms with Gasteiger partial charge in [0.15, 0.2) is 4.80 Å². The van der Waals surface area contributed by atoms with Gasteiger partial charge < -0.3 is 4.57 Å². The molecule has 0 aliphatic heterocycles. The largest absolute Gasteiger partial charge is 0.312 e. The highest BCUT2D eigenvalue weighted by atomic mass is 79.9. The SMILES string of the molecule is C=CCn1c(=NC(=O)c2cccc(Br)c2)sc2cc(C)cc(C)c21. The molecule has 1 heterocycles. The number of thiazole rings is 1. The third kappa shape index (κ3) is 3.28. The topological polar surface area (TPSA) is 34.4 Å². The van der Waals surface area contributed by atoms with E-state index in [2.05, 4.69) is 58.0 Å². The Bertz CT molecular complexity index is 1010. The lowest BCUT2D eigenvalue weighted by Crippen LogP contribution is -2.16. The maximum Gasteiger partial charge on any atom is 0.279 e. The van der Waals surface area contributed by atoms with Gasteiger partial charge >= 0.3 is 0 Å². The van der Waals surface area contributed by atoms with Crippen molar-refractivity contribution in [1.29, 1.82) is 0 Å². The van der Waals surface area contributed by atoms with E-state index in [9.17, 15) is 4.79 Å². The number of allylic oxidation sites excluding steroid dienone is 1. The van der Waals surface area contributed by atoms with E-state index in [1.54, 1.807) is 12.1 Å². The Morgan fingerprint density at radius 3 is 2.83 bits per heavy atom. The molecule has 0 aliphatic rings. The van der Waals surface area contributed by atoms with Crippen molar-refractivity contribution in [3.05, 3.63) is 75.0 Å². The molecule has 5 heteroatoms. The van der Waals surface area contributed by atoms with Crippen LogP contribution in [0.2, 0.25) is 0 Å². The Morgan fingerprint density at radius 2 is 2.12 bits per heavy atom. The quantitative estimate of drug-likeness (QED) is 0.568. The number of aromatic nitrogens is 1. The number of nitrogens with zero attached hydrogens (tertiary/aromatic N) is 2. The molecule has 0 saturated heterocycles. The number of hydrogen-bond donors (Lipinski definition) is 0. The lowest BCUT2D eigenvalue weighted by atomic mass is 10.1. The average molecular weight is 401 g/mol. The van der Waals surface area contributed by atoms with Crippen LogP contribution in [0, 0.1) is 13.8 Å². The van der Waals surface area contributed by atoms with E-state index in [1.807, 2.05) is 18.2 Å². The van der Waals surface area contributed by atoms with E-state index < -0.39 is 0 Å². The Morgan fingerprint density at radius 1 is 1.33 bits per heavy atom. The van der Waals surface area contributed by atoms with Gasteiger partial charge in [-0.3, -0.25) is 4.79 Å². The van der Waals surface area contributed by atoms with Crippen molar-refractivity contribution < 1.29 is 4.79 Å². The molecule has 3 rings (SSSR count). The van der Waals surface area contributed by atoms with E-state index in [4.69, 9.17) is 0 Å². The van der Waals surface area contributed by atoms with Gasteiger partial charge in [-0.05, 0) is 49.2 Å². The maximum atomic E-state index is 12.5. The van der Waals surface area contributed by atoms with Gasteiger partial charge in [-0.1, -0.05) is 45.5 Å². The molecule has 0 N–H and O–H groups in total. The Labute approximate surface area is 153 Å². The summed E-state index contributed by atoms with van der Waals surface area (Å²) in [5, 5.41) is 0. The first-order chi connectivity index (χ1) is 11.5. The van der Waals surface area contributed by atoms with Crippen LogP contribution in [0.25, 0.3) is 10.2 Å². The molecule has 0 bridgehead atoms. The second kappa shape index (κ2) is 6.87. The fourth-order valence-corrected chi connectivity index (χ4v) is 4.36. The van der Waals surface area contributed by atoms with Crippen molar-refractivity contribution in [2.75, 3.05) is 0 Å². The van der Waals surface area contributed by atoms with Crippen molar-refractivity contribution in [3.8, 4) is 0 Å². The Hall–Kier alpha value is -1.98. The summed E-state index contributed by atoms with van der Waals surface area (Å²) in [6.45, 7) is 8.61. The van der Waals surface area contributed by atoms with Crippen LogP contribution in [-0.2, 0) is 6.54 Å². The van der Waals surface area contributed by atoms with Gasteiger partial charge in [0.2, 0.25) is 0 Å². The van der Waals surface area contributed by atoms with Crippen molar-refractivity contribution in [2.24, 2.45) is 4.99 Å². The predicted octanol–water partition coefficient (Wildman–Crippen LogP) is 5.01. The van der Waals surface area contributed by atoms with Crippen molar-refractivity contribution in [1.82, 2.24) is 4.57 Å². The summed E-state index contributed by atoms with van der Waals surface area (Å²) >= 11 is 4.93. The van der Waals surface area contributed by atoms with E-state index in [0.29, 0.717) is 16.9 Å². The lowest BCUT2D eigenvalue weighted by Gasteiger charge is -2.05. The summed E-state index contributed by atoms with van der Waals surface area (Å²) in [6, 6.07) is 11.6. The molecule has 1 aromatic heterocycles. The van der Waals surface area contributed by atoms with Gasteiger partial charge in [-0.25, -0.2) is 0 Å². The molecule has 0 unspecified atom stereocenters. The van der Waals surface area contributed by atoms with Crippen LogP contribution in [0.1, 0.15) is 21.5 Å². The van der Waals surface area contributed by atoms with Crippen molar-refractivity contribution in [2.45, 2.75) is 20.4 Å². The smallest absolute Gasteiger partial charge is 0.279 e. The maximum absolute atomic E-state index is 12.5. The van der Waals surface area contributed by atoms with Crippen LogP contribution in [0.15, 0.2) is 58.5 Å². The molecule has 3 aromatic rings. The van der Waals surface area contributed by atoms with Gasteiger partial charge in [-0.15, -0.1) is 6.58 Å². The summed E-state index contributed by atoms with van der Waals surface area (Å²) in [6.07, 6.45) is 1.83. The number of rotatable bonds is 3. The number of carbonyl (C=O) groups is 1. The molecule has 0 radical (unpaired) electrons. The zero-order valence-corrected chi connectivity index (χ0v) is 15.9. The highest BCUT2D eigenvalue weighted by Gasteiger charge is 2.11. The zero-order chi connectivity index (χ0) is 17.3. The predicted molar refractivity (Wildman–Crippen MR) is 104 cm³/mol. The molecule has 0 fully saturated rings. The zero-order valence-electron chi connectivity index (χ0n) is 13.5. The van der Waals surface area contributed by atoms with Gasteiger partial charge in [0.05, 0.1) is 10.2 Å². The summed E-state index contributed by atoms with van der Waals surface area (Å²) in [4.78, 5) is 17.6. The molecule has 0 spiro atoms. The molecule has 1 amide bonds. The standard InChI is InChI=1S/C19H17BrN2OS/c1-4-8-22-17-13(3)9-12(2)10-16(17)24-19(22)21-18(23)14-6-5-7-15(20)11-14/h4-7,9-11H,1,8H2,2-3H3. The number of benzene rings is 2. The highest BCUT2D eigenvalue weighted by molar-refractivity contribution is 9.10. The van der Waals surface area contributed by atoms with Crippen LogP contribution in [0.5, 0.6) is 0 Å². The third-order valence-corrected chi connectivity index (χ3v) is 5.21. The molecule has 3 nitrogen and oxygen atoms in total. The number of carbonyl (C=O) groups excluding carboxylic acids is 1. The van der Waals surface area contributed by atoms with Crippen molar-refractivity contribution in [3.63, 3.8) is 0 Å². The number of halogens is 1. The number of hydrogen-bond acceptors (Lipinski definition) is 2. The Balaban J connectivity index is 2.21. The summed E-state index contributed by atoms with van der Waals surface area (Å²) in [7, 11) is 0. The summed E-state index contributed by atoms with van der Waals surface area (Å²) in [5.41, 5.74) is 4.07. The molecule has 0 atom stereocenters. The minimum atomic E-state index is -0.241. The molecular formula is C19H17BrN2OS. The summed E-state index contributed by atoms with van der Waals surface area (Å²) in [5.74, 6) is -0.241. The van der Waals surface area contributed by atoms with Gasteiger partial charge in [0.1, 0.15) is 0 Å². The lowest BCUT2D eigenvalue weighted by molar-refractivity contribution is 0.0998. The van der Waals surface area contributed by atoms with E-state index in [1.165, 1.54) is 22.5 Å². The van der Waals surface area contributed by atoms with Gasteiger partial charge in [-0.2, -0.15) is 4.99 Å². The molecule has 24 heavy (non-hydrogen) atoms. The first-order valence-electron chi connectivity index (χ1n) is 7.55. The molecule has 2 aromatic carbocycles. The Kier molecular flexibility index (Phi) is 4.83. The monoisotopic (exact) mass is 400 g/mol. The number of amides is 1. The fraction of sp³-hybridized carbons (Fsp3) is 0.158. The van der Waals surface area contributed by atoms with Crippen LogP contribution in [-0.4, -0.2) is 10.5 Å². The third-order valence-electron chi connectivity index (χ3n) is 3.69. The molecule has 0 saturated carbocycles. The molecule has 122 valence electrons. The first-order valence-corrected chi connectivity index (χ1v) is 9.16. The van der Waals surface area contributed by atoms with E-state index in [0.717, 1.165) is 14.7 Å². The number of aryl methyl sites for hydroxylation is 2. The van der Waals surface area contributed by atoms with Crippen LogP contribution in [0.3, 0.4) is 0 Å². The minimum Gasteiger partial charge on any atom is -0.312 e. The fourth-order valence-electron chi connectivity index (χ4n) is 2.75. The second-order valence-corrected chi connectivity index (χ2v) is 7.56. The van der Waals surface area contributed by atoms with Crippen LogP contribution >= 0.6 is 27.3 Å². The van der Waals surface area contributed by atoms with Gasteiger partial charge in [0.25, 0.3) is 5.91 Å². The van der Waals surface area contributed by atoms with Crippen molar-refractivity contribution >= 4 is 43.4 Å².